The van der Waals surface area contributed by atoms with E-state index >= 15 is 0 Å². The number of carbonyl (C=O) groups is 1. The van der Waals surface area contributed by atoms with Gasteiger partial charge in [0.25, 0.3) is 0 Å². The van der Waals surface area contributed by atoms with Crippen LogP contribution in [0.3, 0.4) is 0 Å². The van der Waals surface area contributed by atoms with Crippen molar-refractivity contribution in [1.82, 2.24) is 4.57 Å². The van der Waals surface area contributed by atoms with Crippen molar-refractivity contribution in [3.05, 3.63) is 23.0 Å². The molecule has 0 radical (unpaired) electrons. The fourth-order valence-corrected chi connectivity index (χ4v) is 2.69. The third kappa shape index (κ3) is 2.54. The van der Waals surface area contributed by atoms with Crippen molar-refractivity contribution in [2.75, 3.05) is 0 Å². The largest absolute Gasteiger partial charge is 0.481 e. The normalized spacial score (nSPS) is 13.4. The Balaban J connectivity index is 3.32. The maximum absolute atomic E-state index is 11.4. The fraction of sp³-hybridized carbons (Fsp3) is 0.643. The second-order valence-corrected chi connectivity index (χ2v) is 5.35. The molecule has 17 heavy (non-hydrogen) atoms. The Labute approximate surface area is 103 Å². The molecule has 1 rings (SSSR count). The summed E-state index contributed by atoms with van der Waals surface area (Å²) in [5, 5.41) is 9.35. The highest BCUT2D eigenvalue weighted by atomic mass is 16.4. The predicted octanol–water partition coefficient (Wildman–Crippen LogP) is 3.51. The lowest BCUT2D eigenvalue weighted by molar-refractivity contribution is -0.139. The summed E-state index contributed by atoms with van der Waals surface area (Å²) in [6.45, 7) is 12.2. The Bertz CT molecular complexity index is 416. The van der Waals surface area contributed by atoms with Crippen LogP contribution in [0, 0.1) is 19.8 Å². The van der Waals surface area contributed by atoms with E-state index in [0.29, 0.717) is 6.04 Å². The van der Waals surface area contributed by atoms with Crippen LogP contribution in [0.4, 0.5) is 0 Å². The van der Waals surface area contributed by atoms with Crippen LogP contribution in [0.1, 0.15) is 56.6 Å². The van der Waals surface area contributed by atoms with E-state index in [-0.39, 0.29) is 5.92 Å². The molecule has 0 saturated carbocycles. The third-order valence-electron chi connectivity index (χ3n) is 3.31. The number of carboxylic acid groups (broad SMARTS) is 1. The van der Waals surface area contributed by atoms with Gasteiger partial charge in [-0.2, -0.15) is 0 Å². The number of nitrogens with zero attached hydrogens (tertiary/aromatic N) is 1. The fourth-order valence-electron chi connectivity index (χ4n) is 2.69. The molecule has 1 aromatic rings. The van der Waals surface area contributed by atoms with Gasteiger partial charge in [-0.1, -0.05) is 13.8 Å². The summed E-state index contributed by atoms with van der Waals surface area (Å²) in [7, 11) is 0. The van der Waals surface area contributed by atoms with Crippen LogP contribution < -0.4 is 0 Å². The zero-order valence-corrected chi connectivity index (χ0v) is 11.6. The number of aliphatic carboxylic acids is 1. The number of rotatable bonds is 4. The van der Waals surface area contributed by atoms with Gasteiger partial charge in [-0.15, -0.1) is 0 Å². The van der Waals surface area contributed by atoms with Crippen molar-refractivity contribution in [1.29, 1.82) is 0 Å². The van der Waals surface area contributed by atoms with Gasteiger partial charge >= 0.3 is 5.97 Å². The molecular formula is C14H23NO2. The van der Waals surface area contributed by atoms with Crippen LogP contribution in [0.5, 0.6) is 0 Å². The molecule has 3 heteroatoms. The van der Waals surface area contributed by atoms with E-state index in [0.717, 1.165) is 17.0 Å². The Kier molecular flexibility index (Phi) is 4.02. The number of hydrogen-bond donors (Lipinski definition) is 1. The molecule has 1 heterocycles. The van der Waals surface area contributed by atoms with Crippen LogP contribution in [-0.2, 0) is 4.79 Å². The van der Waals surface area contributed by atoms with Gasteiger partial charge in [-0.25, -0.2) is 0 Å². The summed E-state index contributed by atoms with van der Waals surface area (Å²) >= 11 is 0. The van der Waals surface area contributed by atoms with E-state index in [9.17, 15) is 9.90 Å². The van der Waals surface area contributed by atoms with Crippen molar-refractivity contribution in [2.45, 2.75) is 53.5 Å². The first-order valence-electron chi connectivity index (χ1n) is 6.18. The van der Waals surface area contributed by atoms with E-state index in [1.165, 1.54) is 0 Å². The number of carboxylic acids is 1. The number of hydrogen-bond acceptors (Lipinski definition) is 1. The van der Waals surface area contributed by atoms with E-state index in [2.05, 4.69) is 18.4 Å². The monoisotopic (exact) mass is 237 g/mol. The SMILES string of the molecule is Cc1cc(C(C(=O)O)C(C)C)c(C)n1C(C)C. The van der Waals surface area contributed by atoms with Gasteiger partial charge < -0.3 is 9.67 Å². The highest BCUT2D eigenvalue weighted by Gasteiger charge is 2.27. The van der Waals surface area contributed by atoms with Crippen LogP contribution >= 0.6 is 0 Å². The van der Waals surface area contributed by atoms with Gasteiger partial charge in [-0.3, -0.25) is 4.79 Å². The van der Waals surface area contributed by atoms with Crippen LogP contribution in [-0.4, -0.2) is 15.6 Å². The van der Waals surface area contributed by atoms with Gasteiger partial charge in [-0.05, 0) is 45.2 Å². The Morgan fingerprint density at radius 1 is 1.24 bits per heavy atom. The number of aromatic nitrogens is 1. The topological polar surface area (TPSA) is 42.2 Å². The van der Waals surface area contributed by atoms with E-state index in [1.807, 2.05) is 33.8 Å². The molecule has 3 nitrogen and oxygen atoms in total. The predicted molar refractivity (Wildman–Crippen MR) is 69.5 cm³/mol. The van der Waals surface area contributed by atoms with Crippen molar-refractivity contribution in [2.24, 2.45) is 5.92 Å². The van der Waals surface area contributed by atoms with E-state index < -0.39 is 11.9 Å². The molecule has 1 unspecified atom stereocenters. The molecule has 1 atom stereocenters. The van der Waals surface area contributed by atoms with Gasteiger partial charge in [0.15, 0.2) is 0 Å². The molecule has 0 aliphatic heterocycles. The summed E-state index contributed by atoms with van der Waals surface area (Å²) in [6, 6.07) is 2.39. The minimum Gasteiger partial charge on any atom is -0.481 e. The molecule has 0 aromatic carbocycles. The molecule has 1 N–H and O–H groups in total. The summed E-state index contributed by atoms with van der Waals surface area (Å²) < 4.78 is 2.20. The molecule has 96 valence electrons. The molecule has 0 fully saturated rings. The maximum Gasteiger partial charge on any atom is 0.311 e. The van der Waals surface area contributed by atoms with Gasteiger partial charge in [0.05, 0.1) is 5.92 Å². The smallest absolute Gasteiger partial charge is 0.311 e. The zero-order chi connectivity index (χ0) is 13.3. The molecule has 0 amide bonds. The maximum atomic E-state index is 11.4. The van der Waals surface area contributed by atoms with Gasteiger partial charge in [0.2, 0.25) is 0 Å². The van der Waals surface area contributed by atoms with E-state index in [1.54, 1.807) is 0 Å². The van der Waals surface area contributed by atoms with Crippen LogP contribution in [0.25, 0.3) is 0 Å². The molecule has 1 aromatic heterocycles. The minimum atomic E-state index is -0.732. The van der Waals surface area contributed by atoms with Crippen LogP contribution in [0.15, 0.2) is 6.07 Å². The summed E-state index contributed by atoms with van der Waals surface area (Å²) in [6.07, 6.45) is 0. The quantitative estimate of drug-likeness (QED) is 0.870. The Hall–Kier alpha value is -1.25. The van der Waals surface area contributed by atoms with Crippen LogP contribution in [0.2, 0.25) is 0 Å². The summed E-state index contributed by atoms with van der Waals surface area (Å²) in [5.74, 6) is -1.04. The number of aryl methyl sites for hydroxylation is 1. The minimum absolute atomic E-state index is 0.105. The highest BCUT2D eigenvalue weighted by Crippen LogP contribution is 2.31. The molecular weight excluding hydrogens is 214 g/mol. The second-order valence-electron chi connectivity index (χ2n) is 5.35. The molecule has 0 aliphatic carbocycles. The Morgan fingerprint density at radius 2 is 1.76 bits per heavy atom. The lowest BCUT2D eigenvalue weighted by Gasteiger charge is -2.18. The average Bonchev–Trinajstić information content (AvgIpc) is 2.40. The van der Waals surface area contributed by atoms with Crippen molar-refractivity contribution in [3.63, 3.8) is 0 Å². The molecule has 0 spiro atoms. The lowest BCUT2D eigenvalue weighted by atomic mass is 9.88. The van der Waals surface area contributed by atoms with Gasteiger partial charge in [0.1, 0.15) is 0 Å². The van der Waals surface area contributed by atoms with E-state index in [4.69, 9.17) is 0 Å². The molecule has 0 saturated heterocycles. The zero-order valence-electron chi connectivity index (χ0n) is 11.6. The first-order valence-corrected chi connectivity index (χ1v) is 6.18. The van der Waals surface area contributed by atoms with Crippen molar-refractivity contribution in [3.8, 4) is 0 Å². The Morgan fingerprint density at radius 3 is 2.06 bits per heavy atom. The standard InChI is InChI=1S/C14H23NO2/c1-8(2)13(14(16)17)12-7-10(5)15(9(3)4)11(12)6/h7-9,13H,1-6H3,(H,16,17). The third-order valence-corrected chi connectivity index (χ3v) is 3.31. The summed E-state index contributed by atoms with van der Waals surface area (Å²) in [5.41, 5.74) is 3.18. The van der Waals surface area contributed by atoms with Gasteiger partial charge in [0, 0.05) is 17.4 Å². The first-order chi connectivity index (χ1) is 7.77. The van der Waals surface area contributed by atoms with Crippen molar-refractivity contribution < 1.29 is 9.90 Å². The molecule has 0 bridgehead atoms. The molecule has 0 aliphatic rings. The first kappa shape index (κ1) is 13.8. The summed E-state index contributed by atoms with van der Waals surface area (Å²) in [4.78, 5) is 11.4. The highest BCUT2D eigenvalue weighted by molar-refractivity contribution is 5.77. The lowest BCUT2D eigenvalue weighted by Crippen LogP contribution is -2.18. The second kappa shape index (κ2) is 4.94. The van der Waals surface area contributed by atoms with Crippen molar-refractivity contribution >= 4 is 5.97 Å². The average molecular weight is 237 g/mol.